The van der Waals surface area contributed by atoms with Crippen molar-refractivity contribution < 1.29 is 4.74 Å². The lowest BCUT2D eigenvalue weighted by molar-refractivity contribution is -0.00546. The second-order valence-corrected chi connectivity index (χ2v) is 6.32. The van der Waals surface area contributed by atoms with Gasteiger partial charge in [-0.2, -0.15) is 23.5 Å². The molecule has 0 radical (unpaired) electrons. The second-order valence-electron chi connectivity index (χ2n) is 3.77. The van der Waals surface area contributed by atoms with Gasteiger partial charge in [-0.3, -0.25) is 0 Å². The molecule has 0 spiro atoms. The van der Waals surface area contributed by atoms with Gasteiger partial charge in [-0.25, -0.2) is 0 Å². The SMILES string of the molecule is CCC(OC(CC)C1CS1)C1CS1. The van der Waals surface area contributed by atoms with Crippen LogP contribution < -0.4 is 0 Å². The first kappa shape index (κ1) is 10.2. The Balaban J connectivity index is 1.78. The Morgan fingerprint density at radius 3 is 1.69 bits per heavy atom. The molecule has 1 nitrogen and oxygen atoms in total. The maximum atomic E-state index is 6.16. The van der Waals surface area contributed by atoms with E-state index in [9.17, 15) is 0 Å². The molecule has 0 aromatic rings. The van der Waals surface area contributed by atoms with Gasteiger partial charge in [0.25, 0.3) is 0 Å². The van der Waals surface area contributed by atoms with E-state index >= 15 is 0 Å². The van der Waals surface area contributed by atoms with E-state index in [0.717, 1.165) is 10.5 Å². The molecule has 76 valence electrons. The highest BCUT2D eigenvalue weighted by Crippen LogP contribution is 2.40. The van der Waals surface area contributed by atoms with Crippen LogP contribution in [0, 0.1) is 0 Å². The van der Waals surface area contributed by atoms with Gasteiger partial charge < -0.3 is 4.74 Å². The number of hydrogen-bond donors (Lipinski definition) is 0. The Bertz CT molecular complexity index is 148. The first-order valence-electron chi connectivity index (χ1n) is 5.23. The van der Waals surface area contributed by atoms with Gasteiger partial charge in [-0.15, -0.1) is 0 Å². The summed E-state index contributed by atoms with van der Waals surface area (Å²) in [5, 5.41) is 1.64. The Kier molecular flexibility index (Phi) is 3.49. The first-order chi connectivity index (χ1) is 6.35. The molecule has 2 aliphatic heterocycles. The molecule has 0 N–H and O–H groups in total. The van der Waals surface area contributed by atoms with Gasteiger partial charge in [-0.05, 0) is 12.8 Å². The highest BCUT2D eigenvalue weighted by molar-refractivity contribution is 8.07. The average Bonchev–Trinajstić information content (AvgIpc) is 2.99. The van der Waals surface area contributed by atoms with Gasteiger partial charge in [0.1, 0.15) is 0 Å². The normalized spacial score (nSPS) is 35.5. The third kappa shape index (κ3) is 2.80. The molecule has 4 unspecified atom stereocenters. The molecule has 2 aliphatic rings. The Morgan fingerprint density at radius 2 is 1.46 bits per heavy atom. The maximum Gasteiger partial charge on any atom is 0.0703 e. The number of hydrogen-bond acceptors (Lipinski definition) is 3. The smallest absolute Gasteiger partial charge is 0.0703 e. The van der Waals surface area contributed by atoms with Crippen LogP contribution in [0.4, 0.5) is 0 Å². The number of rotatable bonds is 6. The molecule has 0 saturated carbocycles. The van der Waals surface area contributed by atoms with Crippen molar-refractivity contribution in [2.75, 3.05) is 11.5 Å². The van der Waals surface area contributed by atoms with Crippen molar-refractivity contribution in [1.82, 2.24) is 0 Å². The summed E-state index contributed by atoms with van der Waals surface area (Å²) in [4.78, 5) is 0. The highest BCUT2D eigenvalue weighted by Gasteiger charge is 2.38. The van der Waals surface area contributed by atoms with Crippen LogP contribution in [-0.2, 0) is 4.74 Å². The molecule has 0 bridgehead atoms. The third-order valence-electron chi connectivity index (χ3n) is 2.70. The Morgan fingerprint density at radius 1 is 1.08 bits per heavy atom. The summed E-state index contributed by atoms with van der Waals surface area (Å²) >= 11 is 4.11. The molecular formula is C10H18OS2. The molecule has 13 heavy (non-hydrogen) atoms. The van der Waals surface area contributed by atoms with Crippen LogP contribution in [0.5, 0.6) is 0 Å². The van der Waals surface area contributed by atoms with Crippen molar-refractivity contribution in [2.24, 2.45) is 0 Å². The highest BCUT2D eigenvalue weighted by atomic mass is 32.2. The minimum Gasteiger partial charge on any atom is -0.373 e. The van der Waals surface area contributed by atoms with Crippen molar-refractivity contribution in [3.05, 3.63) is 0 Å². The standard InChI is InChI=1S/C10H18OS2/c1-3-7(9-5-12-9)11-8(4-2)10-6-13-10/h7-10H,3-6H2,1-2H3. The van der Waals surface area contributed by atoms with Gasteiger partial charge in [-0.1, -0.05) is 13.8 Å². The van der Waals surface area contributed by atoms with Gasteiger partial charge >= 0.3 is 0 Å². The van der Waals surface area contributed by atoms with Gasteiger partial charge in [0, 0.05) is 22.0 Å². The summed E-state index contributed by atoms with van der Waals surface area (Å²) in [5.74, 6) is 2.65. The zero-order chi connectivity index (χ0) is 9.26. The third-order valence-corrected chi connectivity index (χ3v) is 4.75. The fourth-order valence-corrected chi connectivity index (χ4v) is 3.25. The lowest BCUT2D eigenvalue weighted by Gasteiger charge is -2.21. The van der Waals surface area contributed by atoms with E-state index in [1.54, 1.807) is 0 Å². The molecule has 4 atom stereocenters. The molecule has 2 fully saturated rings. The minimum atomic E-state index is 0.538. The molecule has 0 aliphatic carbocycles. The molecule has 0 aromatic carbocycles. The van der Waals surface area contributed by atoms with Gasteiger partial charge in [0.15, 0.2) is 0 Å². The summed E-state index contributed by atoms with van der Waals surface area (Å²) < 4.78 is 6.16. The fourth-order valence-electron chi connectivity index (χ4n) is 1.66. The van der Waals surface area contributed by atoms with E-state index in [1.807, 2.05) is 0 Å². The van der Waals surface area contributed by atoms with E-state index in [-0.39, 0.29) is 0 Å². The van der Waals surface area contributed by atoms with E-state index in [2.05, 4.69) is 37.4 Å². The van der Waals surface area contributed by atoms with Crippen molar-refractivity contribution in [1.29, 1.82) is 0 Å². The van der Waals surface area contributed by atoms with Crippen LogP contribution in [-0.4, -0.2) is 34.2 Å². The number of ether oxygens (including phenoxy) is 1. The topological polar surface area (TPSA) is 9.23 Å². The molecule has 0 aromatic heterocycles. The van der Waals surface area contributed by atoms with E-state index in [0.29, 0.717) is 12.2 Å². The molecule has 0 amide bonds. The fraction of sp³-hybridized carbons (Fsp3) is 1.00. The van der Waals surface area contributed by atoms with E-state index in [1.165, 1.54) is 24.3 Å². The van der Waals surface area contributed by atoms with Gasteiger partial charge in [0.05, 0.1) is 12.2 Å². The van der Waals surface area contributed by atoms with Crippen molar-refractivity contribution in [2.45, 2.75) is 49.4 Å². The predicted molar refractivity (Wildman–Crippen MR) is 61.7 cm³/mol. The summed E-state index contributed by atoms with van der Waals surface area (Å²) in [6.07, 6.45) is 3.45. The maximum absolute atomic E-state index is 6.16. The lowest BCUT2D eigenvalue weighted by atomic mass is 10.2. The molecule has 2 heterocycles. The summed E-state index contributed by atoms with van der Waals surface area (Å²) in [6, 6.07) is 0. The quantitative estimate of drug-likeness (QED) is 0.635. The van der Waals surface area contributed by atoms with Gasteiger partial charge in [0.2, 0.25) is 0 Å². The lowest BCUT2D eigenvalue weighted by Crippen LogP contribution is -2.28. The minimum absolute atomic E-state index is 0.538. The summed E-state index contributed by atoms with van der Waals surface area (Å²) in [7, 11) is 0. The Labute approximate surface area is 89.4 Å². The predicted octanol–water partition coefficient (Wildman–Crippen LogP) is 2.79. The summed E-state index contributed by atoms with van der Waals surface area (Å²) in [6.45, 7) is 4.49. The van der Waals surface area contributed by atoms with E-state index < -0.39 is 0 Å². The number of thioether (sulfide) groups is 2. The molecule has 2 rings (SSSR count). The first-order valence-corrected chi connectivity index (χ1v) is 7.33. The molecule has 2 saturated heterocycles. The van der Waals surface area contributed by atoms with Crippen molar-refractivity contribution in [3.63, 3.8) is 0 Å². The van der Waals surface area contributed by atoms with Crippen LogP contribution >= 0.6 is 23.5 Å². The largest absolute Gasteiger partial charge is 0.373 e. The van der Waals surface area contributed by atoms with Crippen molar-refractivity contribution in [3.8, 4) is 0 Å². The van der Waals surface area contributed by atoms with Crippen LogP contribution in [0.3, 0.4) is 0 Å². The van der Waals surface area contributed by atoms with Crippen molar-refractivity contribution >= 4 is 23.5 Å². The average molecular weight is 218 g/mol. The van der Waals surface area contributed by atoms with Crippen LogP contribution in [0.25, 0.3) is 0 Å². The summed E-state index contributed by atoms with van der Waals surface area (Å²) in [5.41, 5.74) is 0. The second kappa shape index (κ2) is 4.45. The van der Waals surface area contributed by atoms with E-state index in [4.69, 9.17) is 4.74 Å². The van der Waals surface area contributed by atoms with Crippen LogP contribution in [0.15, 0.2) is 0 Å². The zero-order valence-electron chi connectivity index (χ0n) is 8.36. The molecular weight excluding hydrogens is 200 g/mol. The Hall–Kier alpha value is 0.660. The monoisotopic (exact) mass is 218 g/mol. The van der Waals surface area contributed by atoms with Crippen LogP contribution in [0.2, 0.25) is 0 Å². The van der Waals surface area contributed by atoms with Crippen LogP contribution in [0.1, 0.15) is 26.7 Å². The molecule has 3 heteroatoms. The zero-order valence-corrected chi connectivity index (χ0v) is 10.00.